The summed E-state index contributed by atoms with van der Waals surface area (Å²) >= 11 is 4.70. The van der Waals surface area contributed by atoms with E-state index in [0.29, 0.717) is 0 Å². The van der Waals surface area contributed by atoms with E-state index in [9.17, 15) is 0 Å². The molecule has 0 aliphatic heterocycles. The van der Waals surface area contributed by atoms with E-state index >= 15 is 0 Å². The molecule has 0 aromatic rings. The minimum Gasteiger partial charge on any atom is -0.394 e. The normalized spacial score (nSPS) is 14.1. The van der Waals surface area contributed by atoms with Gasteiger partial charge in [-0.25, -0.2) is 0 Å². The van der Waals surface area contributed by atoms with Gasteiger partial charge in [-0.1, -0.05) is 0 Å². The number of rotatable bonds is 3. The van der Waals surface area contributed by atoms with Crippen molar-refractivity contribution in [1.82, 2.24) is 0 Å². The van der Waals surface area contributed by atoms with Gasteiger partial charge in [0.2, 0.25) is 0 Å². The lowest BCUT2D eigenvalue weighted by molar-refractivity contribution is 0.0569. The van der Waals surface area contributed by atoms with Crippen molar-refractivity contribution in [2.75, 3.05) is 13.2 Å². The average molecular weight is 128 g/mol. The van der Waals surface area contributed by atoms with Crippen molar-refractivity contribution in [3.8, 4) is 0 Å². The number of aliphatic hydroxyl groups is 2. The summed E-state index contributed by atoms with van der Waals surface area (Å²) in [7, 11) is 0. The van der Waals surface area contributed by atoms with Crippen LogP contribution in [0.15, 0.2) is 0 Å². The van der Waals surface area contributed by atoms with Gasteiger partial charge in [0.1, 0.15) is 6.10 Å². The number of aliphatic hydroxyl groups excluding tert-OH is 2. The van der Waals surface area contributed by atoms with Crippen molar-refractivity contribution >= 4 is 11.9 Å². The largest absolute Gasteiger partial charge is 1.00 e. The smallest absolute Gasteiger partial charge is 0.394 e. The Balaban J connectivity index is 0. The van der Waals surface area contributed by atoms with Gasteiger partial charge in [0.25, 0.3) is 0 Å². The second kappa shape index (κ2) is 4.33. The topological polar surface area (TPSA) is 49.7 Å². The van der Waals surface area contributed by atoms with E-state index in [1.165, 1.54) is 0 Å². The molecule has 0 rings (SSSR count). The third-order valence-corrected chi connectivity index (χ3v) is 0.592. The minimum atomic E-state index is -0.850. The first-order chi connectivity index (χ1) is 3.31. The molecule has 1 unspecified atom stereocenters. The van der Waals surface area contributed by atoms with Gasteiger partial charge < -0.3 is 10.2 Å². The lowest BCUT2D eigenvalue weighted by Crippen LogP contribution is -2.16. The molecule has 1 atom stereocenters. The van der Waals surface area contributed by atoms with Gasteiger partial charge in [0, 0.05) is 0 Å². The number of halogens is 1. The quantitative estimate of drug-likeness (QED) is 0.544. The van der Waals surface area contributed by atoms with Crippen LogP contribution in [0.3, 0.4) is 0 Å². The van der Waals surface area contributed by atoms with Crippen LogP contribution in [-0.2, 0) is 4.29 Å². The third-order valence-electron chi connectivity index (χ3n) is 0.466. The summed E-state index contributed by atoms with van der Waals surface area (Å²) in [6.45, 7) is -0.342. The van der Waals surface area contributed by atoms with Crippen LogP contribution in [0.5, 0.6) is 0 Å². The Labute approximate surface area is 48.1 Å². The van der Waals surface area contributed by atoms with E-state index in [0.717, 1.165) is 0 Å². The van der Waals surface area contributed by atoms with Gasteiger partial charge in [-0.2, -0.15) is 0 Å². The molecule has 0 spiro atoms. The molecule has 0 radical (unpaired) electrons. The van der Waals surface area contributed by atoms with E-state index in [1.807, 2.05) is 0 Å². The molecule has 0 saturated carbocycles. The van der Waals surface area contributed by atoms with Gasteiger partial charge in [0.05, 0.1) is 25.1 Å². The van der Waals surface area contributed by atoms with E-state index in [4.69, 9.17) is 22.1 Å². The first-order valence-corrected chi connectivity index (χ1v) is 2.14. The summed E-state index contributed by atoms with van der Waals surface area (Å²) in [5, 5.41) is 16.5. The first kappa shape index (κ1) is 7.17. The van der Waals surface area contributed by atoms with Crippen molar-refractivity contribution in [1.29, 1.82) is 0 Å². The van der Waals surface area contributed by atoms with Crippen molar-refractivity contribution in [2.45, 2.75) is 6.10 Å². The van der Waals surface area contributed by atoms with Crippen molar-refractivity contribution in [3.05, 3.63) is 0 Å². The van der Waals surface area contributed by atoms with Gasteiger partial charge >= 0.3 is 1.43 Å². The predicted molar refractivity (Wildman–Crippen MR) is 26.0 cm³/mol. The summed E-state index contributed by atoms with van der Waals surface area (Å²) in [5.41, 5.74) is 0. The van der Waals surface area contributed by atoms with Crippen LogP contribution in [0.1, 0.15) is 1.43 Å². The van der Waals surface area contributed by atoms with Gasteiger partial charge in [-0.15, -0.1) is 0 Å². The second-order valence-electron chi connectivity index (χ2n) is 1.11. The standard InChI is InChI=1S/C3H7ClO3/c4-7-2-3(6)1-5/h3,5-6H,1-2H2/p+1. The highest BCUT2D eigenvalue weighted by Crippen LogP contribution is 1.84. The highest BCUT2D eigenvalue weighted by Gasteiger charge is 1.98. The summed E-state index contributed by atoms with van der Waals surface area (Å²) < 4.78 is 3.96. The van der Waals surface area contributed by atoms with E-state index in [2.05, 4.69) is 4.29 Å². The summed E-state index contributed by atoms with van der Waals surface area (Å²) in [6, 6.07) is 0. The molecule has 2 N–H and O–H groups in total. The molecule has 0 fully saturated rings. The predicted octanol–water partition coefficient (Wildman–Crippen LogP) is -0.377. The molecule has 3 nitrogen and oxygen atoms in total. The molecule has 0 amide bonds. The zero-order valence-electron chi connectivity index (χ0n) is 4.67. The highest BCUT2D eigenvalue weighted by molar-refractivity contribution is 6.07. The maximum atomic E-state index is 8.40. The average Bonchev–Trinajstić information content (AvgIpc) is 1.68. The van der Waals surface area contributed by atoms with Crippen molar-refractivity contribution in [3.63, 3.8) is 0 Å². The van der Waals surface area contributed by atoms with Crippen LogP contribution >= 0.6 is 11.9 Å². The Bertz CT molecular complexity index is 45.5. The Hall–Kier alpha value is 0.170. The molecule has 0 aromatic heterocycles. The number of hydrogen-bond donors (Lipinski definition) is 2. The van der Waals surface area contributed by atoms with Crippen LogP contribution in [0.2, 0.25) is 0 Å². The molecular weight excluding hydrogens is 119 g/mol. The third kappa shape index (κ3) is 4.01. The molecule has 4 heteroatoms. The lowest BCUT2D eigenvalue weighted by Gasteiger charge is -1.99. The molecule has 7 heavy (non-hydrogen) atoms. The van der Waals surface area contributed by atoms with Gasteiger partial charge in [-0.3, -0.25) is 4.29 Å². The lowest BCUT2D eigenvalue weighted by atomic mass is 10.4. The fraction of sp³-hybridized carbons (Fsp3) is 1.00. The summed E-state index contributed by atoms with van der Waals surface area (Å²) in [6.07, 6.45) is -0.850. The molecule has 44 valence electrons. The Kier molecular flexibility index (Phi) is 4.44. The molecule has 0 aliphatic carbocycles. The van der Waals surface area contributed by atoms with Gasteiger partial charge in [0.15, 0.2) is 0 Å². The summed E-state index contributed by atoms with van der Waals surface area (Å²) in [4.78, 5) is 0. The minimum absolute atomic E-state index is 0. The maximum Gasteiger partial charge on any atom is 1.00 e. The molecule has 0 bridgehead atoms. The summed E-state index contributed by atoms with van der Waals surface area (Å²) in [5.74, 6) is 0. The van der Waals surface area contributed by atoms with Crippen LogP contribution < -0.4 is 0 Å². The number of hydrogen-bond acceptors (Lipinski definition) is 3. The van der Waals surface area contributed by atoms with Crippen LogP contribution in [0.4, 0.5) is 0 Å². The molecule has 0 heterocycles. The SMILES string of the molecule is OCC(O)COCl.[H+]. The van der Waals surface area contributed by atoms with Crippen LogP contribution in [0, 0.1) is 0 Å². The highest BCUT2D eigenvalue weighted by atomic mass is 35.5. The van der Waals surface area contributed by atoms with Crippen LogP contribution in [0.25, 0.3) is 0 Å². The second-order valence-corrected chi connectivity index (χ2v) is 1.33. The zero-order valence-corrected chi connectivity index (χ0v) is 4.43. The first-order valence-electron chi connectivity index (χ1n) is 1.83. The zero-order chi connectivity index (χ0) is 5.70. The van der Waals surface area contributed by atoms with Crippen molar-refractivity contribution in [2.24, 2.45) is 0 Å². The molecule has 0 aliphatic rings. The Morgan fingerprint density at radius 3 is 2.57 bits per heavy atom. The molecule has 0 saturated heterocycles. The maximum absolute atomic E-state index is 8.40. The monoisotopic (exact) mass is 127 g/mol. The van der Waals surface area contributed by atoms with Crippen molar-refractivity contribution < 1.29 is 15.9 Å². The molecule has 0 aromatic carbocycles. The van der Waals surface area contributed by atoms with E-state index in [1.54, 1.807) is 0 Å². The van der Waals surface area contributed by atoms with E-state index < -0.39 is 6.10 Å². The van der Waals surface area contributed by atoms with Crippen LogP contribution in [-0.4, -0.2) is 29.5 Å². The van der Waals surface area contributed by atoms with E-state index in [-0.39, 0.29) is 14.6 Å². The fourth-order valence-corrected chi connectivity index (χ4v) is 0.271. The molecular formula is C3H8ClO3+. The Morgan fingerprint density at radius 2 is 2.43 bits per heavy atom. The Morgan fingerprint density at radius 1 is 1.86 bits per heavy atom. The van der Waals surface area contributed by atoms with Gasteiger partial charge in [-0.05, 0) is 0 Å². The fourth-order valence-electron chi connectivity index (χ4n) is 0.125.